The number of nitrogens with zero attached hydrogens (tertiary/aromatic N) is 2. The lowest BCUT2D eigenvalue weighted by Crippen LogP contribution is -2.23. The Morgan fingerprint density at radius 1 is 1.06 bits per heavy atom. The number of benzene rings is 2. The minimum absolute atomic E-state index is 0.210. The van der Waals surface area contributed by atoms with E-state index in [1.165, 1.54) is 0 Å². The van der Waals surface area contributed by atoms with Gasteiger partial charge < -0.3 is 14.6 Å². The first-order valence-corrected chi connectivity index (χ1v) is 13.0. The van der Waals surface area contributed by atoms with E-state index in [9.17, 15) is 4.79 Å². The average Bonchev–Trinajstić information content (AvgIpc) is 3.23. The van der Waals surface area contributed by atoms with Crippen molar-refractivity contribution in [3.63, 3.8) is 0 Å². The molecule has 2 aromatic carbocycles. The molecule has 1 aliphatic carbocycles. The van der Waals surface area contributed by atoms with E-state index in [1.54, 1.807) is 18.9 Å². The van der Waals surface area contributed by atoms with Crippen LogP contribution >= 0.6 is 11.8 Å². The third kappa shape index (κ3) is 5.83. The Kier molecular flexibility index (Phi) is 8.29. The van der Waals surface area contributed by atoms with E-state index in [-0.39, 0.29) is 6.61 Å². The lowest BCUT2D eigenvalue weighted by molar-refractivity contribution is -0.142. The van der Waals surface area contributed by atoms with Crippen LogP contribution in [0.2, 0.25) is 0 Å². The molecule has 1 aromatic heterocycles. The minimum Gasteiger partial charge on any atom is -0.497 e. The van der Waals surface area contributed by atoms with E-state index >= 15 is 0 Å². The normalized spacial score (nSPS) is 18.1. The van der Waals surface area contributed by atoms with Gasteiger partial charge in [0.2, 0.25) is 0 Å². The van der Waals surface area contributed by atoms with E-state index in [1.807, 2.05) is 18.2 Å². The molecule has 3 aromatic rings. The van der Waals surface area contributed by atoms with Crippen LogP contribution in [0.25, 0.3) is 22.4 Å². The predicted molar refractivity (Wildman–Crippen MR) is 135 cm³/mol. The van der Waals surface area contributed by atoms with E-state index in [0.29, 0.717) is 18.4 Å². The van der Waals surface area contributed by atoms with Crippen molar-refractivity contribution < 1.29 is 19.4 Å². The van der Waals surface area contributed by atoms with Gasteiger partial charge >= 0.3 is 5.97 Å². The fourth-order valence-electron chi connectivity index (χ4n) is 4.78. The van der Waals surface area contributed by atoms with Crippen LogP contribution in [0.3, 0.4) is 0 Å². The molecule has 0 spiro atoms. The molecule has 0 saturated heterocycles. The van der Waals surface area contributed by atoms with Gasteiger partial charge in [0, 0.05) is 17.7 Å². The third-order valence-corrected chi connectivity index (χ3v) is 7.17. The molecule has 0 radical (unpaired) electrons. The van der Waals surface area contributed by atoms with Crippen LogP contribution in [0, 0.1) is 11.8 Å². The molecule has 0 bridgehead atoms. The van der Waals surface area contributed by atoms with Crippen LogP contribution < -0.4 is 4.74 Å². The van der Waals surface area contributed by atoms with Crippen molar-refractivity contribution in [2.75, 3.05) is 26.6 Å². The van der Waals surface area contributed by atoms with Crippen molar-refractivity contribution in [3.8, 4) is 28.1 Å². The molecule has 1 aliphatic rings. The number of rotatable bonds is 10. The SMILES string of the molecule is COc1cccc(-c2c(SC)nn(C[C@H]3CC[C@H](COCC(=O)O)CC3)c2-c2ccccc2)c1. The molecule has 7 heteroatoms. The first-order chi connectivity index (χ1) is 16.6. The Labute approximate surface area is 205 Å². The second kappa shape index (κ2) is 11.6. The van der Waals surface area contributed by atoms with Gasteiger partial charge in [0.1, 0.15) is 17.4 Å². The van der Waals surface area contributed by atoms with E-state index < -0.39 is 5.97 Å². The molecule has 1 N–H and O–H groups in total. The lowest BCUT2D eigenvalue weighted by Gasteiger charge is -2.28. The van der Waals surface area contributed by atoms with E-state index in [0.717, 1.165) is 65.4 Å². The van der Waals surface area contributed by atoms with Crippen LogP contribution in [0.15, 0.2) is 59.6 Å². The van der Waals surface area contributed by atoms with Crippen molar-refractivity contribution in [2.45, 2.75) is 37.3 Å². The standard InChI is InChI=1S/C27H32N2O4S/c1-32-23-10-6-9-22(15-23)25-26(21-7-4-3-5-8-21)29(28-27(25)34-2)16-19-11-13-20(14-12-19)17-33-18-24(30)31/h3-10,15,19-20H,11-14,16-18H2,1-2H3,(H,30,31)/t19-,20-. The number of hydrogen-bond donors (Lipinski definition) is 1. The summed E-state index contributed by atoms with van der Waals surface area (Å²) in [6.45, 7) is 1.19. The molecular weight excluding hydrogens is 448 g/mol. The Hall–Kier alpha value is -2.77. The maximum absolute atomic E-state index is 10.7. The molecule has 0 amide bonds. The highest BCUT2D eigenvalue weighted by Crippen LogP contribution is 2.41. The molecule has 34 heavy (non-hydrogen) atoms. The molecule has 0 unspecified atom stereocenters. The van der Waals surface area contributed by atoms with Gasteiger partial charge in [-0.15, -0.1) is 11.8 Å². The van der Waals surface area contributed by atoms with Crippen molar-refractivity contribution in [3.05, 3.63) is 54.6 Å². The Morgan fingerprint density at radius 2 is 1.76 bits per heavy atom. The number of methoxy groups -OCH3 is 1. The summed E-state index contributed by atoms with van der Waals surface area (Å²) in [4.78, 5) is 10.7. The van der Waals surface area contributed by atoms with Gasteiger partial charge in [-0.3, -0.25) is 4.68 Å². The summed E-state index contributed by atoms with van der Waals surface area (Å²) >= 11 is 1.67. The predicted octanol–water partition coefficient (Wildman–Crippen LogP) is 5.86. The highest BCUT2D eigenvalue weighted by Gasteiger charge is 2.26. The van der Waals surface area contributed by atoms with Crippen molar-refractivity contribution in [1.29, 1.82) is 0 Å². The number of carboxylic acid groups (broad SMARTS) is 1. The van der Waals surface area contributed by atoms with Gasteiger partial charge in [0.25, 0.3) is 0 Å². The van der Waals surface area contributed by atoms with Crippen LogP contribution in [0.4, 0.5) is 0 Å². The zero-order valence-corrected chi connectivity index (χ0v) is 20.6. The number of aliphatic carboxylic acids is 1. The molecule has 180 valence electrons. The number of carbonyl (C=O) groups is 1. The van der Waals surface area contributed by atoms with Gasteiger partial charge in [0.15, 0.2) is 0 Å². The van der Waals surface area contributed by atoms with Crippen molar-refractivity contribution >= 4 is 17.7 Å². The van der Waals surface area contributed by atoms with Crippen LogP contribution in [-0.2, 0) is 16.1 Å². The van der Waals surface area contributed by atoms with E-state index in [2.05, 4.69) is 47.3 Å². The molecule has 1 heterocycles. The fourth-order valence-corrected chi connectivity index (χ4v) is 5.38. The molecule has 0 atom stereocenters. The zero-order chi connectivity index (χ0) is 23.9. The second-order valence-electron chi connectivity index (χ2n) is 8.81. The fraction of sp³-hybridized carbons (Fsp3) is 0.407. The number of hydrogen-bond acceptors (Lipinski definition) is 5. The Morgan fingerprint density at radius 3 is 2.44 bits per heavy atom. The Bertz CT molecular complexity index is 1090. The van der Waals surface area contributed by atoms with Crippen molar-refractivity contribution in [1.82, 2.24) is 9.78 Å². The Balaban J connectivity index is 1.59. The van der Waals surface area contributed by atoms with Crippen molar-refractivity contribution in [2.24, 2.45) is 11.8 Å². The van der Waals surface area contributed by atoms with E-state index in [4.69, 9.17) is 19.7 Å². The van der Waals surface area contributed by atoms with Gasteiger partial charge in [-0.05, 0) is 61.5 Å². The smallest absolute Gasteiger partial charge is 0.329 e. The maximum Gasteiger partial charge on any atom is 0.329 e. The number of ether oxygens (including phenoxy) is 2. The summed E-state index contributed by atoms with van der Waals surface area (Å²) in [6.07, 6.45) is 6.39. The summed E-state index contributed by atoms with van der Waals surface area (Å²) in [5.41, 5.74) is 4.55. The molecule has 1 fully saturated rings. The molecule has 0 aliphatic heterocycles. The lowest BCUT2D eigenvalue weighted by atomic mass is 9.82. The topological polar surface area (TPSA) is 73.6 Å². The summed E-state index contributed by atoms with van der Waals surface area (Å²) in [6, 6.07) is 18.7. The monoisotopic (exact) mass is 480 g/mol. The minimum atomic E-state index is -0.905. The summed E-state index contributed by atoms with van der Waals surface area (Å²) < 4.78 is 13.0. The quantitative estimate of drug-likeness (QED) is 0.367. The number of thioether (sulfide) groups is 1. The largest absolute Gasteiger partial charge is 0.497 e. The summed E-state index contributed by atoms with van der Waals surface area (Å²) in [7, 11) is 1.69. The molecule has 1 saturated carbocycles. The molecular formula is C27H32N2O4S. The third-order valence-electron chi connectivity index (χ3n) is 6.50. The highest BCUT2D eigenvalue weighted by molar-refractivity contribution is 7.98. The first-order valence-electron chi connectivity index (χ1n) is 11.7. The summed E-state index contributed by atoms with van der Waals surface area (Å²) in [5, 5.41) is 14.9. The van der Waals surface area contributed by atoms with Crippen LogP contribution in [-0.4, -0.2) is 47.4 Å². The maximum atomic E-state index is 10.7. The summed E-state index contributed by atoms with van der Waals surface area (Å²) in [5.74, 6) is 0.902. The molecule has 6 nitrogen and oxygen atoms in total. The molecule has 4 rings (SSSR count). The number of carboxylic acids is 1. The van der Waals surface area contributed by atoms with Gasteiger partial charge in [-0.1, -0.05) is 42.5 Å². The van der Waals surface area contributed by atoms with Gasteiger partial charge in [0.05, 0.1) is 19.4 Å². The average molecular weight is 481 g/mol. The number of aromatic nitrogens is 2. The zero-order valence-electron chi connectivity index (χ0n) is 19.8. The van der Waals surface area contributed by atoms with Crippen LogP contribution in [0.1, 0.15) is 25.7 Å². The van der Waals surface area contributed by atoms with Crippen LogP contribution in [0.5, 0.6) is 5.75 Å². The van der Waals surface area contributed by atoms with Gasteiger partial charge in [-0.2, -0.15) is 5.10 Å². The second-order valence-corrected chi connectivity index (χ2v) is 9.60. The first kappa shape index (κ1) is 24.4. The highest BCUT2D eigenvalue weighted by atomic mass is 32.2. The van der Waals surface area contributed by atoms with Gasteiger partial charge in [-0.25, -0.2) is 4.79 Å².